The van der Waals surface area contributed by atoms with Crippen molar-refractivity contribution < 1.29 is 0 Å². The summed E-state index contributed by atoms with van der Waals surface area (Å²) in [5.74, 6) is 0.864. The number of pyridine rings is 1. The third-order valence-electron chi connectivity index (χ3n) is 3.31. The second-order valence-corrected chi connectivity index (χ2v) is 4.93. The number of rotatable bonds is 10. The zero-order valence-electron chi connectivity index (χ0n) is 12.3. The van der Waals surface area contributed by atoms with E-state index in [1.165, 1.54) is 38.5 Å². The van der Waals surface area contributed by atoms with Crippen LogP contribution >= 0.6 is 0 Å². The van der Waals surface area contributed by atoms with Crippen molar-refractivity contribution in [1.82, 2.24) is 4.98 Å². The molecule has 1 aromatic rings. The van der Waals surface area contributed by atoms with Crippen molar-refractivity contribution in [3.05, 3.63) is 23.9 Å². The van der Waals surface area contributed by atoms with Crippen LogP contribution in [-0.2, 0) is 0 Å². The average molecular weight is 261 g/mol. The van der Waals surface area contributed by atoms with Gasteiger partial charge in [-0.15, -0.1) is 0 Å². The number of hydrogen-bond acceptors (Lipinski definition) is 3. The Kier molecular flexibility index (Phi) is 7.87. The standard InChI is InChI=1S/C16H27N3/c1-3-5-6-7-8-9-12-18-16-14(15(17)4-2)11-10-13-19-16/h10-11,13,17H,3-9,12H2,1-2H3,(H,18,19). The summed E-state index contributed by atoms with van der Waals surface area (Å²) in [7, 11) is 0. The fraction of sp³-hybridized carbons (Fsp3) is 0.625. The number of aromatic nitrogens is 1. The van der Waals surface area contributed by atoms with Crippen molar-refractivity contribution in [3.63, 3.8) is 0 Å². The average Bonchev–Trinajstić information content (AvgIpc) is 2.46. The highest BCUT2D eigenvalue weighted by Crippen LogP contribution is 2.14. The van der Waals surface area contributed by atoms with Gasteiger partial charge in [0.05, 0.1) is 0 Å². The van der Waals surface area contributed by atoms with Gasteiger partial charge in [-0.3, -0.25) is 0 Å². The predicted molar refractivity (Wildman–Crippen MR) is 83.2 cm³/mol. The van der Waals surface area contributed by atoms with Gasteiger partial charge in [0.15, 0.2) is 0 Å². The van der Waals surface area contributed by atoms with Crippen molar-refractivity contribution in [1.29, 1.82) is 5.41 Å². The largest absolute Gasteiger partial charge is 0.370 e. The topological polar surface area (TPSA) is 48.8 Å². The van der Waals surface area contributed by atoms with E-state index >= 15 is 0 Å². The second kappa shape index (κ2) is 9.54. The van der Waals surface area contributed by atoms with E-state index in [-0.39, 0.29) is 0 Å². The first-order valence-electron chi connectivity index (χ1n) is 7.56. The van der Waals surface area contributed by atoms with Gasteiger partial charge in [-0.25, -0.2) is 4.98 Å². The zero-order valence-corrected chi connectivity index (χ0v) is 12.3. The van der Waals surface area contributed by atoms with Gasteiger partial charge in [0.2, 0.25) is 0 Å². The molecule has 0 aliphatic heterocycles. The van der Waals surface area contributed by atoms with Crippen LogP contribution in [0.25, 0.3) is 0 Å². The molecule has 1 heterocycles. The van der Waals surface area contributed by atoms with E-state index in [1.54, 1.807) is 6.20 Å². The molecule has 0 unspecified atom stereocenters. The molecule has 19 heavy (non-hydrogen) atoms. The maximum Gasteiger partial charge on any atom is 0.135 e. The number of anilines is 1. The van der Waals surface area contributed by atoms with Crippen molar-refractivity contribution in [3.8, 4) is 0 Å². The first kappa shape index (κ1) is 15.7. The fourth-order valence-corrected chi connectivity index (χ4v) is 2.09. The van der Waals surface area contributed by atoms with Crippen LogP contribution in [0.4, 0.5) is 5.82 Å². The SMILES string of the molecule is CCCCCCCCNc1ncccc1C(=N)CC. The lowest BCUT2D eigenvalue weighted by Gasteiger charge is -2.10. The highest BCUT2D eigenvalue weighted by atomic mass is 15.0. The fourth-order valence-electron chi connectivity index (χ4n) is 2.09. The van der Waals surface area contributed by atoms with Crippen LogP contribution in [0.2, 0.25) is 0 Å². The summed E-state index contributed by atoms with van der Waals surface area (Å²) in [6, 6.07) is 3.87. The Morgan fingerprint density at radius 1 is 1.16 bits per heavy atom. The van der Waals surface area contributed by atoms with Crippen LogP contribution in [0.3, 0.4) is 0 Å². The van der Waals surface area contributed by atoms with Crippen LogP contribution in [-0.4, -0.2) is 17.2 Å². The Morgan fingerprint density at radius 3 is 2.63 bits per heavy atom. The number of unbranched alkanes of at least 4 members (excludes halogenated alkanes) is 5. The Morgan fingerprint density at radius 2 is 1.89 bits per heavy atom. The Bertz CT molecular complexity index is 374. The van der Waals surface area contributed by atoms with Gasteiger partial charge in [0, 0.05) is 24.0 Å². The van der Waals surface area contributed by atoms with Gasteiger partial charge < -0.3 is 10.7 Å². The lowest BCUT2D eigenvalue weighted by Crippen LogP contribution is -2.09. The van der Waals surface area contributed by atoms with E-state index in [9.17, 15) is 0 Å². The first-order valence-corrected chi connectivity index (χ1v) is 7.56. The Balaban J connectivity index is 2.31. The number of nitrogens with one attached hydrogen (secondary N) is 2. The molecule has 0 radical (unpaired) electrons. The molecule has 3 heteroatoms. The maximum atomic E-state index is 7.93. The molecule has 1 aromatic heterocycles. The molecule has 0 spiro atoms. The van der Waals surface area contributed by atoms with Crippen molar-refractivity contribution >= 4 is 11.5 Å². The molecule has 2 N–H and O–H groups in total. The Hall–Kier alpha value is -1.38. The second-order valence-electron chi connectivity index (χ2n) is 4.93. The summed E-state index contributed by atoms with van der Waals surface area (Å²) in [5, 5.41) is 11.3. The maximum absolute atomic E-state index is 7.93. The molecule has 3 nitrogen and oxygen atoms in total. The van der Waals surface area contributed by atoms with Gasteiger partial charge in [-0.2, -0.15) is 0 Å². The third-order valence-corrected chi connectivity index (χ3v) is 3.31. The van der Waals surface area contributed by atoms with E-state index in [4.69, 9.17) is 5.41 Å². The van der Waals surface area contributed by atoms with E-state index in [1.807, 2.05) is 19.1 Å². The number of nitrogens with zero attached hydrogens (tertiary/aromatic N) is 1. The van der Waals surface area contributed by atoms with Gasteiger partial charge >= 0.3 is 0 Å². The minimum atomic E-state index is 0.651. The third kappa shape index (κ3) is 5.86. The zero-order chi connectivity index (χ0) is 13.9. The van der Waals surface area contributed by atoms with Crippen LogP contribution < -0.4 is 5.32 Å². The van der Waals surface area contributed by atoms with Crippen LogP contribution in [0.1, 0.15) is 64.4 Å². The van der Waals surface area contributed by atoms with E-state index in [0.717, 1.165) is 24.3 Å². The number of hydrogen-bond donors (Lipinski definition) is 2. The Labute approximate surface area is 117 Å². The molecular formula is C16H27N3. The van der Waals surface area contributed by atoms with E-state index in [0.29, 0.717) is 5.71 Å². The summed E-state index contributed by atoms with van der Waals surface area (Å²) in [6.07, 6.45) is 10.3. The quantitative estimate of drug-likeness (QED) is 0.476. The summed E-state index contributed by atoms with van der Waals surface area (Å²) in [5.41, 5.74) is 1.59. The van der Waals surface area contributed by atoms with Gasteiger partial charge in [0.1, 0.15) is 5.82 Å². The normalized spacial score (nSPS) is 10.4. The van der Waals surface area contributed by atoms with Crippen molar-refractivity contribution in [2.24, 2.45) is 0 Å². The molecule has 0 saturated heterocycles. The van der Waals surface area contributed by atoms with Crippen molar-refractivity contribution in [2.75, 3.05) is 11.9 Å². The molecule has 0 amide bonds. The monoisotopic (exact) mass is 261 g/mol. The summed E-state index contributed by atoms with van der Waals surface area (Å²) in [4.78, 5) is 4.34. The molecule has 0 aromatic carbocycles. The lowest BCUT2D eigenvalue weighted by atomic mass is 10.1. The summed E-state index contributed by atoms with van der Waals surface area (Å²) in [6.45, 7) is 5.20. The van der Waals surface area contributed by atoms with Gasteiger partial charge in [0.25, 0.3) is 0 Å². The highest BCUT2D eigenvalue weighted by molar-refractivity contribution is 6.01. The molecule has 106 valence electrons. The van der Waals surface area contributed by atoms with Gasteiger partial charge in [-0.05, 0) is 25.0 Å². The van der Waals surface area contributed by atoms with Crippen LogP contribution in [0, 0.1) is 5.41 Å². The molecule has 1 rings (SSSR count). The van der Waals surface area contributed by atoms with Crippen LogP contribution in [0.5, 0.6) is 0 Å². The highest BCUT2D eigenvalue weighted by Gasteiger charge is 2.06. The molecule has 0 bridgehead atoms. The predicted octanol–water partition coefficient (Wildman–Crippen LogP) is 4.63. The van der Waals surface area contributed by atoms with Crippen LogP contribution in [0.15, 0.2) is 18.3 Å². The van der Waals surface area contributed by atoms with Gasteiger partial charge in [-0.1, -0.05) is 46.0 Å². The molecule has 0 saturated carbocycles. The summed E-state index contributed by atoms with van der Waals surface area (Å²) < 4.78 is 0. The first-order chi connectivity index (χ1) is 9.29. The lowest BCUT2D eigenvalue weighted by molar-refractivity contribution is 0.617. The van der Waals surface area contributed by atoms with E-state index in [2.05, 4.69) is 17.2 Å². The van der Waals surface area contributed by atoms with Crippen molar-refractivity contribution in [2.45, 2.75) is 58.8 Å². The molecular weight excluding hydrogens is 234 g/mol. The molecule has 0 aliphatic carbocycles. The molecule has 0 fully saturated rings. The van der Waals surface area contributed by atoms with E-state index < -0.39 is 0 Å². The smallest absolute Gasteiger partial charge is 0.135 e. The summed E-state index contributed by atoms with van der Waals surface area (Å²) >= 11 is 0. The minimum absolute atomic E-state index is 0.651. The molecule has 0 aliphatic rings. The molecule has 0 atom stereocenters. The minimum Gasteiger partial charge on any atom is -0.370 e.